The fourth-order valence-corrected chi connectivity index (χ4v) is 2.20. The first-order valence-corrected chi connectivity index (χ1v) is 7.24. The average Bonchev–Trinajstić information content (AvgIpc) is 2.33. The molecular weight excluding hydrogens is 239 g/mol. The molecule has 0 bridgehead atoms. The minimum atomic E-state index is -0.118. The molecule has 0 amide bonds. The number of benzene rings is 1. The average molecular weight is 266 g/mol. The molecule has 1 N–H and O–H groups in total. The van der Waals surface area contributed by atoms with Crippen molar-refractivity contribution >= 4 is 5.69 Å². The van der Waals surface area contributed by atoms with E-state index in [0.717, 1.165) is 24.2 Å². The highest BCUT2D eigenvalue weighted by Crippen LogP contribution is 2.25. The third-order valence-corrected chi connectivity index (χ3v) is 3.18. The van der Waals surface area contributed by atoms with E-state index in [1.165, 1.54) is 0 Å². The van der Waals surface area contributed by atoms with Gasteiger partial charge in [-0.2, -0.15) is 0 Å². The maximum atomic E-state index is 14.1. The van der Waals surface area contributed by atoms with Crippen molar-refractivity contribution in [1.29, 1.82) is 0 Å². The van der Waals surface area contributed by atoms with Crippen molar-refractivity contribution in [3.8, 4) is 0 Å². The normalized spacial score (nSPS) is 11.4. The monoisotopic (exact) mass is 266 g/mol. The minimum Gasteiger partial charge on any atom is -0.369 e. The van der Waals surface area contributed by atoms with Crippen molar-refractivity contribution in [3.63, 3.8) is 0 Å². The summed E-state index contributed by atoms with van der Waals surface area (Å²) in [5, 5.41) is 3.31. The standard InChI is InChI=1S/C16H27FN2/c1-6-10-19(13(4)5)16-9-7-8-15(17)14(16)11-18-12(2)3/h7-9,12-13,18H,6,10-11H2,1-5H3. The van der Waals surface area contributed by atoms with Crippen LogP contribution in [-0.4, -0.2) is 18.6 Å². The summed E-state index contributed by atoms with van der Waals surface area (Å²) < 4.78 is 14.1. The van der Waals surface area contributed by atoms with Crippen LogP contribution in [0.1, 0.15) is 46.6 Å². The number of hydrogen-bond acceptors (Lipinski definition) is 2. The zero-order valence-corrected chi connectivity index (χ0v) is 12.8. The Bertz CT molecular complexity index is 388. The molecule has 0 unspecified atom stereocenters. The predicted molar refractivity (Wildman–Crippen MR) is 81.1 cm³/mol. The van der Waals surface area contributed by atoms with E-state index < -0.39 is 0 Å². The molecular formula is C16H27FN2. The van der Waals surface area contributed by atoms with Crippen LogP contribution >= 0.6 is 0 Å². The summed E-state index contributed by atoms with van der Waals surface area (Å²) in [6.45, 7) is 12.1. The first kappa shape index (κ1) is 16.0. The first-order valence-electron chi connectivity index (χ1n) is 7.24. The number of anilines is 1. The van der Waals surface area contributed by atoms with Gasteiger partial charge in [-0.05, 0) is 32.4 Å². The Morgan fingerprint density at radius 2 is 1.89 bits per heavy atom. The molecule has 0 atom stereocenters. The van der Waals surface area contributed by atoms with Gasteiger partial charge < -0.3 is 10.2 Å². The van der Waals surface area contributed by atoms with Gasteiger partial charge in [-0.1, -0.05) is 26.8 Å². The molecule has 108 valence electrons. The van der Waals surface area contributed by atoms with Crippen molar-refractivity contribution in [2.24, 2.45) is 0 Å². The summed E-state index contributed by atoms with van der Waals surface area (Å²) >= 11 is 0. The lowest BCUT2D eigenvalue weighted by Crippen LogP contribution is -2.33. The van der Waals surface area contributed by atoms with Crippen LogP contribution in [0.5, 0.6) is 0 Å². The lowest BCUT2D eigenvalue weighted by molar-refractivity contribution is 0.549. The molecule has 19 heavy (non-hydrogen) atoms. The van der Waals surface area contributed by atoms with Crippen LogP contribution in [0.2, 0.25) is 0 Å². The van der Waals surface area contributed by atoms with Gasteiger partial charge in [-0.15, -0.1) is 0 Å². The summed E-state index contributed by atoms with van der Waals surface area (Å²) in [7, 11) is 0. The number of nitrogens with one attached hydrogen (secondary N) is 1. The molecule has 0 aliphatic carbocycles. The third-order valence-electron chi connectivity index (χ3n) is 3.18. The fourth-order valence-electron chi connectivity index (χ4n) is 2.20. The summed E-state index contributed by atoms with van der Waals surface area (Å²) in [6, 6.07) is 6.10. The minimum absolute atomic E-state index is 0.118. The maximum Gasteiger partial charge on any atom is 0.129 e. The van der Waals surface area contributed by atoms with Crippen LogP contribution in [0.25, 0.3) is 0 Å². The zero-order valence-electron chi connectivity index (χ0n) is 12.8. The Morgan fingerprint density at radius 3 is 2.42 bits per heavy atom. The fraction of sp³-hybridized carbons (Fsp3) is 0.625. The van der Waals surface area contributed by atoms with Crippen molar-refractivity contribution in [2.45, 2.75) is 59.7 Å². The Kier molecular flexibility index (Phi) is 6.29. The van der Waals surface area contributed by atoms with E-state index in [4.69, 9.17) is 0 Å². The van der Waals surface area contributed by atoms with Crippen LogP contribution in [0.4, 0.5) is 10.1 Å². The Balaban J connectivity index is 3.06. The molecule has 3 heteroatoms. The second kappa shape index (κ2) is 7.49. The SMILES string of the molecule is CCCN(c1cccc(F)c1CNC(C)C)C(C)C. The predicted octanol–water partition coefficient (Wildman–Crippen LogP) is 3.95. The van der Waals surface area contributed by atoms with Crippen LogP contribution in [0.15, 0.2) is 18.2 Å². The molecule has 0 aliphatic heterocycles. The van der Waals surface area contributed by atoms with Gasteiger partial charge in [0.25, 0.3) is 0 Å². The van der Waals surface area contributed by atoms with E-state index in [-0.39, 0.29) is 5.82 Å². The third kappa shape index (κ3) is 4.50. The smallest absolute Gasteiger partial charge is 0.129 e. The van der Waals surface area contributed by atoms with Gasteiger partial charge in [0.15, 0.2) is 0 Å². The maximum absolute atomic E-state index is 14.1. The summed E-state index contributed by atoms with van der Waals surface area (Å²) in [5.74, 6) is -0.118. The van der Waals surface area contributed by atoms with Gasteiger partial charge >= 0.3 is 0 Å². The quantitative estimate of drug-likeness (QED) is 0.804. The van der Waals surface area contributed by atoms with Crippen molar-refractivity contribution in [1.82, 2.24) is 5.32 Å². The lowest BCUT2D eigenvalue weighted by atomic mass is 10.1. The molecule has 2 nitrogen and oxygen atoms in total. The highest BCUT2D eigenvalue weighted by atomic mass is 19.1. The van der Waals surface area contributed by atoms with Gasteiger partial charge in [0.2, 0.25) is 0 Å². The topological polar surface area (TPSA) is 15.3 Å². The van der Waals surface area contributed by atoms with E-state index in [9.17, 15) is 4.39 Å². The van der Waals surface area contributed by atoms with Gasteiger partial charge in [-0.25, -0.2) is 4.39 Å². The van der Waals surface area contributed by atoms with Crippen molar-refractivity contribution < 1.29 is 4.39 Å². The van der Waals surface area contributed by atoms with Crippen LogP contribution in [0.3, 0.4) is 0 Å². The van der Waals surface area contributed by atoms with E-state index in [0.29, 0.717) is 18.6 Å². The van der Waals surface area contributed by atoms with Gasteiger partial charge in [0.1, 0.15) is 5.82 Å². The van der Waals surface area contributed by atoms with Crippen LogP contribution < -0.4 is 10.2 Å². The molecule has 0 spiro atoms. The molecule has 1 rings (SSSR count). The van der Waals surface area contributed by atoms with Gasteiger partial charge in [-0.3, -0.25) is 0 Å². The molecule has 0 saturated heterocycles. The molecule has 0 heterocycles. The van der Waals surface area contributed by atoms with Gasteiger partial charge in [0.05, 0.1) is 0 Å². The summed E-state index contributed by atoms with van der Waals surface area (Å²) in [4.78, 5) is 2.28. The number of hydrogen-bond donors (Lipinski definition) is 1. The van der Waals surface area contributed by atoms with Crippen LogP contribution in [-0.2, 0) is 6.54 Å². The highest BCUT2D eigenvalue weighted by Gasteiger charge is 2.16. The molecule has 0 fully saturated rings. The van der Waals surface area contributed by atoms with E-state index >= 15 is 0 Å². The first-order chi connectivity index (χ1) is 8.97. The molecule has 1 aromatic rings. The van der Waals surface area contributed by atoms with Crippen molar-refractivity contribution in [2.75, 3.05) is 11.4 Å². The second-order valence-electron chi connectivity index (χ2n) is 5.56. The van der Waals surface area contributed by atoms with Crippen LogP contribution in [0, 0.1) is 5.82 Å². The molecule has 1 aromatic carbocycles. The van der Waals surface area contributed by atoms with E-state index in [1.807, 2.05) is 6.07 Å². The van der Waals surface area contributed by atoms with Crippen molar-refractivity contribution in [3.05, 3.63) is 29.6 Å². The Morgan fingerprint density at radius 1 is 1.21 bits per heavy atom. The number of halogens is 1. The Labute approximate surface area is 117 Å². The summed E-state index contributed by atoms with van der Waals surface area (Å²) in [6.07, 6.45) is 1.06. The molecule has 0 aromatic heterocycles. The highest BCUT2D eigenvalue weighted by molar-refractivity contribution is 5.55. The number of rotatable bonds is 7. The molecule has 0 saturated carbocycles. The Hall–Kier alpha value is -1.09. The van der Waals surface area contributed by atoms with E-state index in [1.54, 1.807) is 12.1 Å². The molecule has 0 radical (unpaired) electrons. The second-order valence-corrected chi connectivity index (χ2v) is 5.56. The number of nitrogens with zero attached hydrogens (tertiary/aromatic N) is 1. The van der Waals surface area contributed by atoms with E-state index in [2.05, 4.69) is 44.8 Å². The lowest BCUT2D eigenvalue weighted by Gasteiger charge is -2.31. The molecule has 0 aliphatic rings. The summed E-state index contributed by atoms with van der Waals surface area (Å²) in [5.41, 5.74) is 1.79. The van der Waals surface area contributed by atoms with Gasteiger partial charge in [0, 0.05) is 36.4 Å². The zero-order chi connectivity index (χ0) is 14.4. The largest absolute Gasteiger partial charge is 0.369 e.